The first-order valence-electron chi connectivity index (χ1n) is 6.23. The molecule has 0 fully saturated rings. The average molecular weight is 309 g/mol. The van der Waals surface area contributed by atoms with Gasteiger partial charge in [0.15, 0.2) is 0 Å². The van der Waals surface area contributed by atoms with Crippen LogP contribution in [0.25, 0.3) is 0 Å². The molecule has 8 nitrogen and oxygen atoms in total. The Hall–Kier alpha value is -1.19. The van der Waals surface area contributed by atoms with Gasteiger partial charge in [-0.3, -0.25) is 9.59 Å². The highest BCUT2D eigenvalue weighted by Gasteiger charge is 2.35. The fraction of sp³-hybridized carbons (Fsp3) is 0.818. The van der Waals surface area contributed by atoms with Crippen molar-refractivity contribution in [1.82, 2.24) is 13.9 Å². The Kier molecular flexibility index (Phi) is 7.11. The molecule has 0 aliphatic rings. The fourth-order valence-electron chi connectivity index (χ4n) is 1.41. The molecule has 0 rings (SSSR count). The summed E-state index contributed by atoms with van der Waals surface area (Å²) in [4.78, 5) is 21.9. The van der Waals surface area contributed by atoms with Crippen LogP contribution in [-0.4, -0.2) is 66.2 Å². The van der Waals surface area contributed by atoms with E-state index < -0.39 is 22.2 Å². The van der Waals surface area contributed by atoms with Gasteiger partial charge < -0.3 is 10.4 Å². The molecule has 0 radical (unpaired) electrons. The number of rotatable bonds is 8. The third-order valence-corrected chi connectivity index (χ3v) is 5.12. The highest BCUT2D eigenvalue weighted by Crippen LogP contribution is 2.13. The predicted octanol–water partition coefficient (Wildman–Crippen LogP) is -0.517. The van der Waals surface area contributed by atoms with E-state index in [4.69, 9.17) is 5.11 Å². The summed E-state index contributed by atoms with van der Waals surface area (Å²) in [6.45, 7) is 5.93. The van der Waals surface area contributed by atoms with Gasteiger partial charge in [-0.25, -0.2) is 0 Å². The number of hydrogen-bond acceptors (Lipinski definition) is 4. The lowest BCUT2D eigenvalue weighted by Crippen LogP contribution is -2.52. The van der Waals surface area contributed by atoms with Crippen LogP contribution < -0.4 is 5.32 Å². The lowest BCUT2D eigenvalue weighted by atomic mass is 10.3. The molecule has 0 aromatic carbocycles. The maximum atomic E-state index is 12.4. The van der Waals surface area contributed by atoms with E-state index >= 15 is 0 Å². The van der Waals surface area contributed by atoms with Crippen molar-refractivity contribution in [2.75, 3.05) is 20.1 Å². The van der Waals surface area contributed by atoms with Gasteiger partial charge >= 0.3 is 5.97 Å². The lowest BCUT2D eigenvalue weighted by Gasteiger charge is -2.31. The second-order valence-corrected chi connectivity index (χ2v) is 6.67. The Morgan fingerprint density at radius 3 is 2.10 bits per heavy atom. The Balaban J connectivity index is 5.20. The minimum atomic E-state index is -3.91. The monoisotopic (exact) mass is 309 g/mol. The maximum absolute atomic E-state index is 12.4. The number of amides is 1. The van der Waals surface area contributed by atoms with Gasteiger partial charge in [-0.2, -0.15) is 17.0 Å². The van der Waals surface area contributed by atoms with Gasteiger partial charge in [-0.05, 0) is 20.8 Å². The standard InChI is InChI=1S/C11H23N3O5S/c1-8(2)13(5)20(18,19)14(9(3)11(16)17)7-6-12-10(4)15/h8-9H,6-7H2,1-5H3,(H,12,15)(H,16,17). The van der Waals surface area contributed by atoms with Crippen LogP contribution in [0.3, 0.4) is 0 Å². The van der Waals surface area contributed by atoms with Crippen LogP contribution in [0.1, 0.15) is 27.7 Å². The molecule has 0 bridgehead atoms. The number of carbonyl (C=O) groups excluding carboxylic acids is 1. The molecule has 0 spiro atoms. The van der Waals surface area contributed by atoms with Gasteiger partial charge in [-0.15, -0.1) is 0 Å². The SMILES string of the molecule is CC(=O)NCCN(C(C)C(=O)O)S(=O)(=O)N(C)C(C)C. The molecular weight excluding hydrogens is 286 g/mol. The Bertz CT molecular complexity index is 449. The fourth-order valence-corrected chi connectivity index (χ4v) is 3.08. The maximum Gasteiger partial charge on any atom is 0.321 e. The topological polar surface area (TPSA) is 107 Å². The van der Waals surface area contributed by atoms with Crippen LogP contribution in [0, 0.1) is 0 Å². The van der Waals surface area contributed by atoms with E-state index in [1.54, 1.807) is 13.8 Å². The number of hydrogen-bond donors (Lipinski definition) is 2. The number of nitrogens with zero attached hydrogens (tertiary/aromatic N) is 2. The summed E-state index contributed by atoms with van der Waals surface area (Å²) in [5, 5.41) is 11.5. The van der Waals surface area contributed by atoms with E-state index in [2.05, 4.69) is 5.32 Å². The van der Waals surface area contributed by atoms with E-state index in [0.29, 0.717) is 0 Å². The zero-order chi connectivity index (χ0) is 16.1. The van der Waals surface area contributed by atoms with E-state index in [9.17, 15) is 18.0 Å². The van der Waals surface area contributed by atoms with Crippen molar-refractivity contribution in [3.8, 4) is 0 Å². The molecule has 0 heterocycles. The molecule has 0 aliphatic carbocycles. The summed E-state index contributed by atoms with van der Waals surface area (Å²) in [5.74, 6) is -1.55. The summed E-state index contributed by atoms with van der Waals surface area (Å²) in [6, 6.07) is -1.51. The van der Waals surface area contributed by atoms with Crippen LogP contribution in [0.2, 0.25) is 0 Å². The molecule has 1 atom stereocenters. The first-order valence-corrected chi connectivity index (χ1v) is 7.63. The summed E-state index contributed by atoms with van der Waals surface area (Å²) in [5.41, 5.74) is 0. The third kappa shape index (κ3) is 5.06. The van der Waals surface area contributed by atoms with Crippen molar-refractivity contribution in [2.24, 2.45) is 0 Å². The highest BCUT2D eigenvalue weighted by atomic mass is 32.2. The van der Waals surface area contributed by atoms with E-state index in [0.717, 1.165) is 8.61 Å². The largest absolute Gasteiger partial charge is 0.480 e. The average Bonchev–Trinajstić information content (AvgIpc) is 2.31. The van der Waals surface area contributed by atoms with Crippen LogP contribution in [-0.2, 0) is 19.8 Å². The van der Waals surface area contributed by atoms with Gasteiger partial charge in [0.2, 0.25) is 5.91 Å². The molecule has 0 aromatic rings. The van der Waals surface area contributed by atoms with Crippen molar-refractivity contribution in [2.45, 2.75) is 39.8 Å². The van der Waals surface area contributed by atoms with Crippen molar-refractivity contribution in [1.29, 1.82) is 0 Å². The number of carboxylic acids is 1. The number of carboxylic acid groups (broad SMARTS) is 1. The molecule has 0 aliphatic heterocycles. The van der Waals surface area contributed by atoms with E-state index in [1.165, 1.54) is 20.9 Å². The quantitative estimate of drug-likeness (QED) is 0.627. The van der Waals surface area contributed by atoms with E-state index in [1.807, 2.05) is 0 Å². The Morgan fingerprint density at radius 1 is 1.25 bits per heavy atom. The lowest BCUT2D eigenvalue weighted by molar-refractivity contribution is -0.140. The highest BCUT2D eigenvalue weighted by molar-refractivity contribution is 7.86. The summed E-state index contributed by atoms with van der Waals surface area (Å²) in [6.07, 6.45) is 0. The van der Waals surface area contributed by atoms with Crippen molar-refractivity contribution in [3.63, 3.8) is 0 Å². The van der Waals surface area contributed by atoms with Gasteiger partial charge in [0, 0.05) is 33.1 Å². The minimum Gasteiger partial charge on any atom is -0.480 e. The van der Waals surface area contributed by atoms with Gasteiger partial charge in [0.25, 0.3) is 10.2 Å². The second kappa shape index (κ2) is 7.55. The molecule has 9 heteroatoms. The molecule has 1 unspecified atom stereocenters. The smallest absolute Gasteiger partial charge is 0.321 e. The number of carbonyl (C=O) groups is 2. The summed E-state index contributed by atoms with van der Waals surface area (Å²) in [7, 11) is -2.52. The van der Waals surface area contributed by atoms with Crippen molar-refractivity contribution < 1.29 is 23.1 Å². The predicted molar refractivity (Wildman–Crippen MR) is 74.3 cm³/mol. The molecule has 20 heavy (non-hydrogen) atoms. The molecule has 0 saturated carbocycles. The van der Waals surface area contributed by atoms with Crippen LogP contribution in [0.5, 0.6) is 0 Å². The van der Waals surface area contributed by atoms with Gasteiger partial charge in [-0.1, -0.05) is 0 Å². The first-order chi connectivity index (χ1) is 9.01. The van der Waals surface area contributed by atoms with Crippen LogP contribution in [0.4, 0.5) is 0 Å². The second-order valence-electron chi connectivity index (χ2n) is 4.73. The summed E-state index contributed by atoms with van der Waals surface area (Å²) >= 11 is 0. The Morgan fingerprint density at radius 2 is 1.75 bits per heavy atom. The number of nitrogens with one attached hydrogen (secondary N) is 1. The molecule has 0 saturated heterocycles. The molecule has 0 aromatic heterocycles. The zero-order valence-corrected chi connectivity index (χ0v) is 13.3. The van der Waals surface area contributed by atoms with Crippen LogP contribution in [0.15, 0.2) is 0 Å². The minimum absolute atomic E-state index is 0.0537. The van der Waals surface area contributed by atoms with Crippen molar-refractivity contribution >= 4 is 22.1 Å². The molecule has 118 valence electrons. The third-order valence-electron chi connectivity index (χ3n) is 2.88. The Labute approximate surface area is 119 Å². The summed E-state index contributed by atoms with van der Waals surface area (Å²) < 4.78 is 26.7. The van der Waals surface area contributed by atoms with Gasteiger partial charge in [0.05, 0.1) is 0 Å². The normalized spacial score (nSPS) is 13.8. The van der Waals surface area contributed by atoms with E-state index in [-0.39, 0.29) is 25.0 Å². The first kappa shape index (κ1) is 18.8. The van der Waals surface area contributed by atoms with Crippen molar-refractivity contribution in [3.05, 3.63) is 0 Å². The molecular formula is C11H23N3O5S. The number of aliphatic carboxylic acids is 1. The molecule has 2 N–H and O–H groups in total. The van der Waals surface area contributed by atoms with Gasteiger partial charge in [0.1, 0.15) is 6.04 Å². The van der Waals surface area contributed by atoms with Crippen LogP contribution >= 0.6 is 0 Å². The molecule has 1 amide bonds. The zero-order valence-electron chi connectivity index (χ0n) is 12.5.